The van der Waals surface area contributed by atoms with Crippen LogP contribution in [-0.4, -0.2) is 37.2 Å². The topological polar surface area (TPSA) is 78.9 Å². The van der Waals surface area contributed by atoms with E-state index in [1.165, 1.54) is 289 Å². The zero-order chi connectivity index (χ0) is 59.2. The van der Waals surface area contributed by atoms with Crippen LogP contribution >= 0.6 is 0 Å². The van der Waals surface area contributed by atoms with Gasteiger partial charge in [-0.2, -0.15) is 0 Å². The average molecular weight is 1150 g/mol. The first-order valence-electron chi connectivity index (χ1n) is 36.6. The van der Waals surface area contributed by atoms with E-state index in [0.29, 0.717) is 19.3 Å². The lowest BCUT2D eigenvalue weighted by Crippen LogP contribution is -2.30. The van der Waals surface area contributed by atoms with Crippen molar-refractivity contribution in [2.45, 2.75) is 406 Å². The van der Waals surface area contributed by atoms with Gasteiger partial charge in [0.2, 0.25) is 0 Å². The third-order valence-corrected chi connectivity index (χ3v) is 16.6. The number of carbonyl (C=O) groups is 3. The molecule has 0 heterocycles. The lowest BCUT2D eigenvalue weighted by Gasteiger charge is -2.18. The van der Waals surface area contributed by atoms with Gasteiger partial charge in [-0.1, -0.05) is 345 Å². The van der Waals surface area contributed by atoms with Crippen molar-refractivity contribution in [3.8, 4) is 0 Å². The van der Waals surface area contributed by atoms with Crippen LogP contribution in [0.4, 0.5) is 0 Å². The Morgan fingerprint density at radius 3 is 0.671 bits per heavy atom. The molecule has 0 aliphatic rings. The Morgan fingerprint density at radius 1 is 0.244 bits per heavy atom. The van der Waals surface area contributed by atoms with Crippen LogP contribution in [0.5, 0.6) is 0 Å². The number of allylic oxidation sites excluding steroid dienone is 8. The maximum atomic E-state index is 13.0. The molecule has 0 aromatic rings. The number of carbonyl (C=O) groups excluding carboxylic acids is 3. The second-order valence-corrected chi connectivity index (χ2v) is 24.9. The maximum absolute atomic E-state index is 13.0. The summed E-state index contributed by atoms with van der Waals surface area (Å²) < 4.78 is 17.0. The predicted octanol–water partition coefficient (Wildman–Crippen LogP) is 25.3. The van der Waals surface area contributed by atoms with Crippen LogP contribution in [0.2, 0.25) is 0 Å². The number of esters is 3. The molecule has 6 heteroatoms. The molecule has 0 aliphatic carbocycles. The minimum Gasteiger partial charge on any atom is -0.462 e. The average Bonchev–Trinajstić information content (AvgIpc) is 3.47. The molecule has 1 unspecified atom stereocenters. The molecule has 0 N–H and O–H groups in total. The van der Waals surface area contributed by atoms with Gasteiger partial charge in [-0.25, -0.2) is 0 Å². The van der Waals surface area contributed by atoms with Crippen molar-refractivity contribution in [3.05, 3.63) is 48.6 Å². The van der Waals surface area contributed by atoms with Crippen LogP contribution in [0.25, 0.3) is 0 Å². The summed E-state index contributed by atoms with van der Waals surface area (Å²) in [6, 6.07) is 0. The van der Waals surface area contributed by atoms with E-state index in [-0.39, 0.29) is 31.1 Å². The van der Waals surface area contributed by atoms with Crippen LogP contribution in [0.3, 0.4) is 0 Å². The Kier molecular flexibility index (Phi) is 68.6. The van der Waals surface area contributed by atoms with E-state index in [2.05, 4.69) is 69.4 Å². The van der Waals surface area contributed by atoms with E-state index in [0.717, 1.165) is 70.6 Å². The number of hydrogen-bond acceptors (Lipinski definition) is 6. The second-order valence-electron chi connectivity index (χ2n) is 24.9. The van der Waals surface area contributed by atoms with Gasteiger partial charge in [0.05, 0.1) is 0 Å². The third-order valence-electron chi connectivity index (χ3n) is 16.6. The molecule has 0 aliphatic heterocycles. The number of ether oxygens (including phenoxy) is 3. The molecule has 0 saturated carbocycles. The normalized spacial score (nSPS) is 12.3. The molecule has 0 amide bonds. The molecule has 0 aromatic heterocycles. The molecule has 6 nitrogen and oxygen atoms in total. The van der Waals surface area contributed by atoms with Gasteiger partial charge in [-0.05, 0) is 83.5 Å². The summed E-state index contributed by atoms with van der Waals surface area (Å²) in [5.41, 5.74) is 0. The highest BCUT2D eigenvalue weighted by Gasteiger charge is 2.19. The summed E-state index contributed by atoms with van der Waals surface area (Å²) in [6.45, 7) is 6.69. The number of unbranched alkanes of at least 4 members (excludes halogenated alkanes) is 49. The van der Waals surface area contributed by atoms with Gasteiger partial charge in [0.1, 0.15) is 13.2 Å². The van der Waals surface area contributed by atoms with E-state index >= 15 is 0 Å². The number of rotatable bonds is 68. The molecule has 82 heavy (non-hydrogen) atoms. The smallest absolute Gasteiger partial charge is 0.306 e. The second kappa shape index (κ2) is 70.9. The summed E-state index contributed by atoms with van der Waals surface area (Å²) in [6.07, 6.45) is 89.9. The van der Waals surface area contributed by atoms with Crippen LogP contribution in [0.1, 0.15) is 400 Å². The van der Waals surface area contributed by atoms with Gasteiger partial charge >= 0.3 is 17.9 Å². The third kappa shape index (κ3) is 68.2. The SMILES string of the molecule is CCCCCCC/C=C\C/C=C\CCCCCCCCCCCC(=O)OCC(COC(=O)CCCCCCCCCCCCCCCCCCCCCCCC)OC(=O)CCCCCCCCCCC/C=C\C/C=C\CCCCCCC. The highest BCUT2D eigenvalue weighted by atomic mass is 16.6. The van der Waals surface area contributed by atoms with Gasteiger partial charge in [-0.3, -0.25) is 14.4 Å². The maximum Gasteiger partial charge on any atom is 0.306 e. The Hall–Kier alpha value is -2.63. The standard InChI is InChI=1S/C76H140O6/c1-4-7-10-13-16-19-22-25-28-31-34-37-40-42-45-48-51-54-57-60-63-66-69-75(78)81-72-73(82-76(79)70-67-64-61-58-55-52-49-46-43-39-36-33-30-27-24-21-18-15-12-9-6-3)71-80-74(77)68-65-62-59-56-53-50-47-44-41-38-35-32-29-26-23-20-17-14-11-8-5-2/h23-24,26-27,32-33,35-36,73H,4-22,25,28-31,34,37-72H2,1-3H3/b26-23-,27-24-,35-32-,36-33-. The molecule has 0 spiro atoms. The quantitative estimate of drug-likeness (QED) is 0.0261. The first kappa shape index (κ1) is 79.4. The first-order chi connectivity index (χ1) is 40.5. The minimum atomic E-state index is -0.778. The molecule has 1 atom stereocenters. The van der Waals surface area contributed by atoms with E-state index < -0.39 is 6.10 Å². The lowest BCUT2D eigenvalue weighted by atomic mass is 10.0. The number of hydrogen-bond donors (Lipinski definition) is 0. The van der Waals surface area contributed by atoms with Crippen molar-refractivity contribution in [1.82, 2.24) is 0 Å². The molecular formula is C76H140O6. The van der Waals surface area contributed by atoms with Crippen molar-refractivity contribution < 1.29 is 28.6 Å². The van der Waals surface area contributed by atoms with E-state index in [9.17, 15) is 14.4 Å². The van der Waals surface area contributed by atoms with Crippen molar-refractivity contribution >= 4 is 17.9 Å². The van der Waals surface area contributed by atoms with Crippen LogP contribution in [0.15, 0.2) is 48.6 Å². The van der Waals surface area contributed by atoms with Gasteiger partial charge < -0.3 is 14.2 Å². The molecule has 0 bridgehead atoms. The fraction of sp³-hybridized carbons (Fsp3) is 0.855. The van der Waals surface area contributed by atoms with Crippen LogP contribution in [-0.2, 0) is 28.6 Å². The lowest BCUT2D eigenvalue weighted by molar-refractivity contribution is -0.167. The van der Waals surface area contributed by atoms with Crippen molar-refractivity contribution in [1.29, 1.82) is 0 Å². The van der Waals surface area contributed by atoms with Gasteiger partial charge in [0, 0.05) is 19.3 Å². The highest BCUT2D eigenvalue weighted by Crippen LogP contribution is 2.18. The molecule has 0 rings (SSSR count). The van der Waals surface area contributed by atoms with Crippen molar-refractivity contribution in [2.24, 2.45) is 0 Å². The van der Waals surface area contributed by atoms with Gasteiger partial charge in [0.25, 0.3) is 0 Å². The first-order valence-corrected chi connectivity index (χ1v) is 36.6. The molecule has 0 saturated heterocycles. The zero-order valence-corrected chi connectivity index (χ0v) is 55.3. The van der Waals surface area contributed by atoms with E-state index in [1.54, 1.807) is 0 Å². The Morgan fingerprint density at radius 2 is 0.439 bits per heavy atom. The Bertz CT molecular complexity index is 1410. The van der Waals surface area contributed by atoms with E-state index in [4.69, 9.17) is 14.2 Å². The molecule has 0 aromatic carbocycles. The molecule has 0 fully saturated rings. The zero-order valence-electron chi connectivity index (χ0n) is 55.3. The van der Waals surface area contributed by atoms with Crippen LogP contribution < -0.4 is 0 Å². The fourth-order valence-electron chi connectivity index (χ4n) is 11.0. The van der Waals surface area contributed by atoms with Gasteiger partial charge in [0.15, 0.2) is 6.10 Å². The van der Waals surface area contributed by atoms with Crippen molar-refractivity contribution in [2.75, 3.05) is 13.2 Å². The predicted molar refractivity (Wildman–Crippen MR) is 358 cm³/mol. The Labute approximate surface area is 511 Å². The summed E-state index contributed by atoms with van der Waals surface area (Å²) in [5, 5.41) is 0. The highest BCUT2D eigenvalue weighted by molar-refractivity contribution is 5.71. The van der Waals surface area contributed by atoms with E-state index in [1.807, 2.05) is 0 Å². The molecule has 480 valence electrons. The fourth-order valence-corrected chi connectivity index (χ4v) is 11.0. The summed E-state index contributed by atoms with van der Waals surface area (Å²) in [5.74, 6) is -0.851. The monoisotopic (exact) mass is 1150 g/mol. The van der Waals surface area contributed by atoms with Gasteiger partial charge in [-0.15, -0.1) is 0 Å². The Balaban J connectivity index is 4.34. The summed E-state index contributed by atoms with van der Waals surface area (Å²) in [4.78, 5) is 38.5. The van der Waals surface area contributed by atoms with Crippen LogP contribution in [0, 0.1) is 0 Å². The molecule has 0 radical (unpaired) electrons. The minimum absolute atomic E-state index is 0.0717. The summed E-state index contributed by atoms with van der Waals surface area (Å²) in [7, 11) is 0. The largest absolute Gasteiger partial charge is 0.462 e. The van der Waals surface area contributed by atoms with Crippen molar-refractivity contribution in [3.63, 3.8) is 0 Å². The summed E-state index contributed by atoms with van der Waals surface area (Å²) >= 11 is 0. The molecular weight excluding hydrogens is 1010 g/mol.